The number of hydrogen-bond acceptors (Lipinski definition) is 4. The van der Waals surface area contributed by atoms with Gasteiger partial charge in [-0.2, -0.15) is 21.5 Å². The molecule has 0 saturated carbocycles. The maximum atomic E-state index is 12.4. The molecule has 1 fully saturated rings. The molecular weight excluding hydrogens is 294 g/mol. The summed E-state index contributed by atoms with van der Waals surface area (Å²) in [4.78, 5) is 14.5. The van der Waals surface area contributed by atoms with E-state index in [4.69, 9.17) is 11.6 Å². The van der Waals surface area contributed by atoms with Crippen LogP contribution in [0.15, 0.2) is 41.3 Å². The van der Waals surface area contributed by atoms with Crippen molar-refractivity contribution in [3.63, 3.8) is 0 Å². The van der Waals surface area contributed by atoms with Gasteiger partial charge in [0.2, 0.25) is 0 Å². The fourth-order valence-electron chi connectivity index (χ4n) is 2.20. The zero-order valence-electron chi connectivity index (χ0n) is 10.8. The first-order chi connectivity index (χ1) is 9.77. The average Bonchev–Trinajstić information content (AvgIpc) is 2.52. The molecule has 2 heterocycles. The summed E-state index contributed by atoms with van der Waals surface area (Å²) in [5, 5.41) is 4.50. The third-order valence-corrected chi connectivity index (χ3v) is 4.55. The van der Waals surface area contributed by atoms with Crippen molar-refractivity contribution >= 4 is 29.1 Å². The van der Waals surface area contributed by atoms with E-state index in [1.807, 2.05) is 42.1 Å². The second-order valence-electron chi connectivity index (χ2n) is 4.50. The molecule has 1 aliphatic rings. The lowest BCUT2D eigenvalue weighted by molar-refractivity contribution is 0.785. The Morgan fingerprint density at radius 1 is 1.15 bits per heavy atom. The molecule has 0 amide bonds. The van der Waals surface area contributed by atoms with Crippen LogP contribution in [0.2, 0.25) is 5.02 Å². The van der Waals surface area contributed by atoms with Gasteiger partial charge in [-0.3, -0.25) is 4.79 Å². The van der Waals surface area contributed by atoms with Crippen LogP contribution < -0.4 is 10.5 Å². The number of para-hydroxylation sites is 1. The van der Waals surface area contributed by atoms with Crippen LogP contribution in [0.5, 0.6) is 0 Å². The third kappa shape index (κ3) is 2.55. The third-order valence-electron chi connectivity index (χ3n) is 3.25. The van der Waals surface area contributed by atoms with E-state index < -0.39 is 0 Å². The number of halogens is 1. The Hall–Kier alpha value is -1.46. The Balaban J connectivity index is 2.01. The van der Waals surface area contributed by atoms with Crippen LogP contribution in [-0.4, -0.2) is 34.4 Å². The number of thioether (sulfide) groups is 1. The molecule has 3 rings (SSSR count). The zero-order valence-corrected chi connectivity index (χ0v) is 12.4. The molecular formula is C14H14ClN3OS. The molecule has 0 N–H and O–H groups in total. The van der Waals surface area contributed by atoms with E-state index in [0.29, 0.717) is 0 Å². The minimum absolute atomic E-state index is 0.246. The van der Waals surface area contributed by atoms with E-state index in [1.165, 1.54) is 4.68 Å². The molecule has 0 bridgehead atoms. The largest absolute Gasteiger partial charge is 0.367 e. The van der Waals surface area contributed by atoms with Gasteiger partial charge in [0, 0.05) is 24.6 Å². The van der Waals surface area contributed by atoms with E-state index in [-0.39, 0.29) is 10.6 Å². The highest BCUT2D eigenvalue weighted by molar-refractivity contribution is 7.99. The van der Waals surface area contributed by atoms with E-state index >= 15 is 0 Å². The SMILES string of the molecule is O=c1c(Cl)c(N2CCSCC2)cnn1-c1ccccc1. The van der Waals surface area contributed by atoms with Crippen molar-refractivity contribution in [1.29, 1.82) is 0 Å². The smallest absolute Gasteiger partial charge is 0.292 e. The van der Waals surface area contributed by atoms with Crippen molar-refractivity contribution in [3.8, 4) is 5.69 Å². The topological polar surface area (TPSA) is 38.1 Å². The highest BCUT2D eigenvalue weighted by atomic mass is 35.5. The van der Waals surface area contributed by atoms with Gasteiger partial charge in [-0.1, -0.05) is 29.8 Å². The molecule has 0 radical (unpaired) electrons. The maximum Gasteiger partial charge on any atom is 0.292 e. The Kier molecular flexibility index (Phi) is 3.98. The van der Waals surface area contributed by atoms with Gasteiger partial charge in [0.05, 0.1) is 17.6 Å². The maximum absolute atomic E-state index is 12.4. The average molecular weight is 308 g/mol. The van der Waals surface area contributed by atoms with Crippen molar-refractivity contribution < 1.29 is 0 Å². The molecule has 6 heteroatoms. The minimum Gasteiger partial charge on any atom is -0.367 e. The Morgan fingerprint density at radius 3 is 2.55 bits per heavy atom. The standard InChI is InChI=1S/C14H14ClN3OS/c15-13-12(17-6-8-20-9-7-17)10-16-18(14(13)19)11-4-2-1-3-5-11/h1-5,10H,6-9H2. The van der Waals surface area contributed by atoms with Gasteiger partial charge in [-0.15, -0.1) is 0 Å². The van der Waals surface area contributed by atoms with Crippen molar-refractivity contribution in [2.24, 2.45) is 0 Å². The van der Waals surface area contributed by atoms with Crippen LogP contribution in [0.3, 0.4) is 0 Å². The summed E-state index contributed by atoms with van der Waals surface area (Å²) >= 11 is 8.17. The van der Waals surface area contributed by atoms with Crippen molar-refractivity contribution in [1.82, 2.24) is 9.78 Å². The van der Waals surface area contributed by atoms with Crippen molar-refractivity contribution in [3.05, 3.63) is 51.9 Å². The summed E-state index contributed by atoms with van der Waals surface area (Å²) in [6, 6.07) is 9.31. The first-order valence-electron chi connectivity index (χ1n) is 6.43. The fraction of sp³-hybridized carbons (Fsp3) is 0.286. The number of anilines is 1. The molecule has 1 aromatic carbocycles. The lowest BCUT2D eigenvalue weighted by atomic mass is 10.3. The summed E-state index contributed by atoms with van der Waals surface area (Å²) in [5.74, 6) is 2.11. The second-order valence-corrected chi connectivity index (χ2v) is 6.10. The second kappa shape index (κ2) is 5.89. The minimum atomic E-state index is -0.270. The molecule has 2 aromatic rings. The monoisotopic (exact) mass is 307 g/mol. The fourth-order valence-corrected chi connectivity index (χ4v) is 3.35. The number of aromatic nitrogens is 2. The van der Waals surface area contributed by atoms with Crippen LogP contribution in [0.25, 0.3) is 5.69 Å². The van der Waals surface area contributed by atoms with Crippen molar-refractivity contribution in [2.75, 3.05) is 29.5 Å². The van der Waals surface area contributed by atoms with Gasteiger partial charge in [0.1, 0.15) is 5.02 Å². The van der Waals surface area contributed by atoms with E-state index in [2.05, 4.69) is 10.00 Å². The number of benzene rings is 1. The predicted octanol–water partition coefficient (Wildman–Crippen LogP) is 2.44. The summed E-state index contributed by atoms with van der Waals surface area (Å²) in [5.41, 5.74) is 1.19. The number of nitrogens with zero attached hydrogens (tertiary/aromatic N) is 3. The summed E-state index contributed by atoms with van der Waals surface area (Å²) in [7, 11) is 0. The zero-order chi connectivity index (χ0) is 13.9. The quantitative estimate of drug-likeness (QED) is 0.854. The molecule has 20 heavy (non-hydrogen) atoms. The number of hydrogen-bond donors (Lipinski definition) is 0. The van der Waals surface area contributed by atoms with E-state index in [1.54, 1.807) is 6.20 Å². The van der Waals surface area contributed by atoms with Gasteiger partial charge in [-0.05, 0) is 12.1 Å². The molecule has 0 unspecified atom stereocenters. The lowest BCUT2D eigenvalue weighted by Crippen LogP contribution is -2.35. The Morgan fingerprint density at radius 2 is 1.85 bits per heavy atom. The van der Waals surface area contributed by atoms with Gasteiger partial charge < -0.3 is 4.90 Å². The van der Waals surface area contributed by atoms with Crippen molar-refractivity contribution in [2.45, 2.75) is 0 Å². The first-order valence-corrected chi connectivity index (χ1v) is 7.96. The van der Waals surface area contributed by atoms with Crippen LogP contribution in [0.1, 0.15) is 0 Å². The summed E-state index contributed by atoms with van der Waals surface area (Å²) in [6.45, 7) is 1.81. The van der Waals surface area contributed by atoms with Crippen LogP contribution in [0.4, 0.5) is 5.69 Å². The predicted molar refractivity (Wildman–Crippen MR) is 84.4 cm³/mol. The van der Waals surface area contributed by atoms with E-state index in [9.17, 15) is 4.79 Å². The first kappa shape index (κ1) is 13.5. The van der Waals surface area contributed by atoms with Crippen LogP contribution in [0, 0.1) is 0 Å². The normalized spacial score (nSPS) is 15.3. The highest BCUT2D eigenvalue weighted by Gasteiger charge is 2.18. The molecule has 104 valence electrons. The van der Waals surface area contributed by atoms with Gasteiger partial charge in [0.15, 0.2) is 0 Å². The highest BCUT2D eigenvalue weighted by Crippen LogP contribution is 2.24. The van der Waals surface area contributed by atoms with Gasteiger partial charge >= 0.3 is 0 Å². The van der Waals surface area contributed by atoms with Crippen LogP contribution >= 0.6 is 23.4 Å². The molecule has 1 aliphatic heterocycles. The molecule has 0 atom stereocenters. The number of rotatable bonds is 2. The van der Waals surface area contributed by atoms with Crippen LogP contribution in [-0.2, 0) is 0 Å². The summed E-state index contributed by atoms with van der Waals surface area (Å²) < 4.78 is 1.34. The molecule has 1 saturated heterocycles. The van der Waals surface area contributed by atoms with E-state index in [0.717, 1.165) is 36.0 Å². The molecule has 1 aromatic heterocycles. The Labute approximate surface area is 126 Å². The van der Waals surface area contributed by atoms with Gasteiger partial charge in [-0.25, -0.2) is 0 Å². The van der Waals surface area contributed by atoms with Gasteiger partial charge in [0.25, 0.3) is 5.56 Å². The summed E-state index contributed by atoms with van der Waals surface area (Å²) in [6.07, 6.45) is 1.69. The Bertz CT molecular complexity index is 653. The molecule has 0 aliphatic carbocycles. The lowest BCUT2D eigenvalue weighted by Gasteiger charge is -2.28. The molecule has 0 spiro atoms. The molecule has 4 nitrogen and oxygen atoms in total.